The Hall–Kier alpha value is -2.53. The molecule has 0 fully saturated rings. The average molecular weight is 298 g/mol. The number of carbonyl (C=O) groups is 1. The molecular weight excluding hydrogens is 280 g/mol. The molecule has 1 aliphatic rings. The maximum atomic E-state index is 11.7. The molecule has 0 saturated heterocycles. The molecule has 0 amide bonds. The number of hydrogen-bond acceptors (Lipinski definition) is 4. The fourth-order valence-electron chi connectivity index (χ4n) is 3.00. The second kappa shape index (κ2) is 5.35. The average Bonchev–Trinajstić information content (AvgIpc) is 2.99. The van der Waals surface area contributed by atoms with Crippen molar-refractivity contribution in [1.29, 1.82) is 0 Å². The highest BCUT2D eigenvalue weighted by Gasteiger charge is 2.44. The van der Waals surface area contributed by atoms with Gasteiger partial charge in [-0.1, -0.05) is 18.2 Å². The van der Waals surface area contributed by atoms with Crippen LogP contribution in [0.1, 0.15) is 5.56 Å². The molecule has 1 aromatic carbocycles. The van der Waals surface area contributed by atoms with Crippen LogP contribution in [-0.2, 0) is 19.8 Å². The number of allylic oxidation sites excluding steroid dienone is 1. The summed E-state index contributed by atoms with van der Waals surface area (Å²) in [6, 6.07) is 7.82. The molecule has 0 bridgehead atoms. The minimum absolute atomic E-state index is 0.494. The summed E-state index contributed by atoms with van der Waals surface area (Å²) in [5.74, 6) is 0.477. The summed E-state index contributed by atoms with van der Waals surface area (Å²) >= 11 is 0. The smallest absolute Gasteiger partial charge is 0.129 e. The van der Waals surface area contributed by atoms with Gasteiger partial charge in [0.05, 0.1) is 20.1 Å². The molecule has 1 aliphatic carbocycles. The largest absolute Gasteiger partial charge is 0.499 e. The molecule has 114 valence electrons. The van der Waals surface area contributed by atoms with Crippen molar-refractivity contribution in [3.05, 3.63) is 59.7 Å². The normalized spacial score (nSPS) is 24.6. The van der Waals surface area contributed by atoms with Gasteiger partial charge in [-0.2, -0.15) is 0 Å². The highest BCUT2D eigenvalue weighted by atomic mass is 16.5. The third-order valence-electron chi connectivity index (χ3n) is 4.19. The topological polar surface area (TPSA) is 77.3 Å². The predicted molar refractivity (Wildman–Crippen MR) is 83.9 cm³/mol. The van der Waals surface area contributed by atoms with Crippen LogP contribution in [0.15, 0.2) is 54.1 Å². The molecule has 2 aromatic rings. The van der Waals surface area contributed by atoms with Crippen molar-refractivity contribution in [3.63, 3.8) is 0 Å². The van der Waals surface area contributed by atoms with E-state index in [-0.39, 0.29) is 0 Å². The number of fused-ring (bicyclic) bond motifs is 1. The van der Waals surface area contributed by atoms with Gasteiger partial charge in [-0.15, -0.1) is 0 Å². The Bertz CT molecular complexity index is 775. The second-order valence-electron chi connectivity index (χ2n) is 5.26. The zero-order chi connectivity index (χ0) is 15.7. The van der Waals surface area contributed by atoms with Crippen LogP contribution >= 0.6 is 0 Å². The first-order chi connectivity index (χ1) is 10.6. The molecule has 0 radical (unpaired) electrons. The number of aromatic amines is 1. The zero-order valence-corrected chi connectivity index (χ0v) is 12.5. The van der Waals surface area contributed by atoms with E-state index in [2.05, 4.69) is 4.98 Å². The van der Waals surface area contributed by atoms with Gasteiger partial charge >= 0.3 is 0 Å². The quantitative estimate of drug-likeness (QED) is 0.848. The summed E-state index contributed by atoms with van der Waals surface area (Å²) in [6.45, 7) is 0. The van der Waals surface area contributed by atoms with Crippen LogP contribution < -0.4 is 5.73 Å². The fourth-order valence-corrected chi connectivity index (χ4v) is 3.00. The molecular formula is C17H18N2O3. The molecule has 22 heavy (non-hydrogen) atoms. The number of aromatic nitrogens is 1. The summed E-state index contributed by atoms with van der Waals surface area (Å²) < 4.78 is 10.7. The highest BCUT2D eigenvalue weighted by Crippen LogP contribution is 2.42. The van der Waals surface area contributed by atoms with Gasteiger partial charge in [0.15, 0.2) is 0 Å². The summed E-state index contributed by atoms with van der Waals surface area (Å²) in [6.07, 6.45) is 6.10. The van der Waals surface area contributed by atoms with E-state index < -0.39 is 11.5 Å². The Labute approximate surface area is 128 Å². The van der Waals surface area contributed by atoms with E-state index >= 15 is 0 Å². The third-order valence-corrected chi connectivity index (χ3v) is 4.19. The number of benzene rings is 1. The lowest BCUT2D eigenvalue weighted by Gasteiger charge is -2.37. The minimum Gasteiger partial charge on any atom is -0.499 e. The third kappa shape index (κ3) is 1.94. The van der Waals surface area contributed by atoms with Crippen molar-refractivity contribution >= 4 is 17.2 Å². The summed E-state index contributed by atoms with van der Waals surface area (Å²) in [5, 5.41) is 0.967. The molecule has 5 nitrogen and oxygen atoms in total. The Morgan fingerprint density at radius 1 is 1.27 bits per heavy atom. The second-order valence-corrected chi connectivity index (χ2v) is 5.26. The van der Waals surface area contributed by atoms with Crippen LogP contribution in [0, 0.1) is 5.92 Å². The van der Waals surface area contributed by atoms with E-state index in [9.17, 15) is 4.79 Å². The van der Waals surface area contributed by atoms with Crippen LogP contribution in [0.4, 0.5) is 0 Å². The molecule has 3 rings (SSSR count). The Kier molecular flexibility index (Phi) is 3.50. The SMILES string of the molecule is COC1=CC(C=O)C(N)(c2c[nH]c3ccccc23)C(OC)=C1. The number of carbonyl (C=O) groups excluding carboxylic acids is 1. The molecule has 1 heterocycles. The van der Waals surface area contributed by atoms with Gasteiger partial charge in [0, 0.05) is 28.7 Å². The van der Waals surface area contributed by atoms with Crippen molar-refractivity contribution in [2.75, 3.05) is 14.2 Å². The number of para-hydroxylation sites is 1. The van der Waals surface area contributed by atoms with Crippen molar-refractivity contribution in [2.24, 2.45) is 11.7 Å². The lowest BCUT2D eigenvalue weighted by atomic mass is 9.75. The van der Waals surface area contributed by atoms with Crippen LogP contribution in [-0.4, -0.2) is 25.5 Å². The van der Waals surface area contributed by atoms with E-state index in [4.69, 9.17) is 15.2 Å². The summed E-state index contributed by atoms with van der Waals surface area (Å²) in [7, 11) is 3.09. The first-order valence-electron chi connectivity index (χ1n) is 6.98. The summed E-state index contributed by atoms with van der Waals surface area (Å²) in [5.41, 5.74) is 7.38. The maximum Gasteiger partial charge on any atom is 0.129 e. The van der Waals surface area contributed by atoms with E-state index in [0.29, 0.717) is 11.5 Å². The van der Waals surface area contributed by atoms with E-state index in [0.717, 1.165) is 22.8 Å². The highest BCUT2D eigenvalue weighted by molar-refractivity contribution is 5.86. The van der Waals surface area contributed by atoms with Gasteiger partial charge in [-0.3, -0.25) is 0 Å². The van der Waals surface area contributed by atoms with Crippen molar-refractivity contribution < 1.29 is 14.3 Å². The number of nitrogens with one attached hydrogen (secondary N) is 1. The van der Waals surface area contributed by atoms with Crippen molar-refractivity contribution in [3.8, 4) is 0 Å². The number of hydrogen-bond donors (Lipinski definition) is 2. The number of methoxy groups -OCH3 is 2. The maximum absolute atomic E-state index is 11.7. The van der Waals surface area contributed by atoms with Gasteiger partial charge in [-0.25, -0.2) is 0 Å². The molecule has 2 unspecified atom stereocenters. The van der Waals surface area contributed by atoms with Crippen LogP contribution in [0.25, 0.3) is 10.9 Å². The van der Waals surface area contributed by atoms with E-state index in [1.54, 1.807) is 26.4 Å². The lowest BCUT2D eigenvalue weighted by molar-refractivity contribution is -0.111. The minimum atomic E-state index is -1.07. The molecule has 1 aromatic heterocycles. The standard InChI is InChI=1S/C17H18N2O3/c1-21-12-7-11(10-20)17(18,16(8-12)22-2)14-9-19-15-6-4-3-5-13(14)15/h3-11,19H,18H2,1-2H3. The monoisotopic (exact) mass is 298 g/mol. The Balaban J connectivity index is 2.23. The van der Waals surface area contributed by atoms with Crippen LogP contribution in [0.2, 0.25) is 0 Å². The van der Waals surface area contributed by atoms with E-state index in [1.807, 2.05) is 30.5 Å². The molecule has 3 N–H and O–H groups in total. The predicted octanol–water partition coefficient (Wildman–Crippen LogP) is 2.21. The summed E-state index contributed by atoms with van der Waals surface area (Å²) in [4.78, 5) is 14.9. The van der Waals surface area contributed by atoms with Gasteiger partial charge in [0.1, 0.15) is 23.3 Å². The van der Waals surface area contributed by atoms with Crippen molar-refractivity contribution in [2.45, 2.75) is 5.54 Å². The fraction of sp³-hybridized carbons (Fsp3) is 0.235. The number of H-pyrrole nitrogens is 1. The molecule has 2 atom stereocenters. The number of ether oxygens (including phenoxy) is 2. The van der Waals surface area contributed by atoms with E-state index in [1.165, 1.54) is 0 Å². The molecule has 5 heteroatoms. The number of rotatable bonds is 4. The van der Waals surface area contributed by atoms with Gasteiger partial charge in [-0.05, 0) is 12.1 Å². The first kappa shape index (κ1) is 14.4. The zero-order valence-electron chi connectivity index (χ0n) is 12.5. The van der Waals surface area contributed by atoms with Gasteiger partial charge in [0.25, 0.3) is 0 Å². The van der Waals surface area contributed by atoms with Crippen molar-refractivity contribution in [1.82, 2.24) is 4.98 Å². The Morgan fingerprint density at radius 3 is 2.73 bits per heavy atom. The van der Waals surface area contributed by atoms with Gasteiger partial charge in [0.2, 0.25) is 0 Å². The Morgan fingerprint density at radius 2 is 2.05 bits per heavy atom. The molecule has 0 spiro atoms. The lowest BCUT2D eigenvalue weighted by Crippen LogP contribution is -2.48. The van der Waals surface area contributed by atoms with Crippen LogP contribution in [0.5, 0.6) is 0 Å². The number of aldehydes is 1. The number of nitrogens with two attached hydrogens (primary N) is 1. The van der Waals surface area contributed by atoms with Gasteiger partial charge < -0.3 is 25.0 Å². The first-order valence-corrected chi connectivity index (χ1v) is 6.98. The molecule has 0 aliphatic heterocycles. The molecule has 0 saturated carbocycles. The van der Waals surface area contributed by atoms with Crippen LogP contribution in [0.3, 0.4) is 0 Å².